The third-order valence-corrected chi connectivity index (χ3v) is 5.91. The Kier molecular flexibility index (Phi) is 7.73. The molecule has 2 rings (SSSR count). The van der Waals surface area contributed by atoms with Crippen LogP contribution in [0.2, 0.25) is 0 Å². The molecule has 0 saturated heterocycles. The van der Waals surface area contributed by atoms with Gasteiger partial charge in [0, 0.05) is 36.8 Å². The van der Waals surface area contributed by atoms with Crippen molar-refractivity contribution in [2.75, 3.05) is 0 Å². The van der Waals surface area contributed by atoms with E-state index < -0.39 is 0 Å². The normalized spacial score (nSPS) is 23.1. The van der Waals surface area contributed by atoms with Gasteiger partial charge in [-0.2, -0.15) is 0 Å². The first kappa shape index (κ1) is 22.9. The Labute approximate surface area is 172 Å². The minimum atomic E-state index is -0.152. The fourth-order valence-electron chi connectivity index (χ4n) is 4.61. The van der Waals surface area contributed by atoms with Crippen molar-refractivity contribution in [3.63, 3.8) is 0 Å². The van der Waals surface area contributed by atoms with Crippen molar-refractivity contribution in [2.45, 2.75) is 117 Å². The molecule has 4 heteroatoms. The number of hydrogen-bond donors (Lipinski definition) is 2. The predicted molar refractivity (Wildman–Crippen MR) is 117 cm³/mol. The van der Waals surface area contributed by atoms with E-state index in [-0.39, 0.29) is 28.7 Å². The zero-order chi connectivity index (χ0) is 20.9. The molecule has 158 valence electrons. The number of aliphatic hydroxyl groups is 1. The van der Waals surface area contributed by atoms with Gasteiger partial charge in [0.1, 0.15) is 6.04 Å². The lowest BCUT2D eigenvalue weighted by Gasteiger charge is -2.33. The van der Waals surface area contributed by atoms with Crippen LogP contribution in [0, 0.1) is 17.4 Å². The van der Waals surface area contributed by atoms with E-state index >= 15 is 0 Å². The molecule has 1 fully saturated rings. The van der Waals surface area contributed by atoms with E-state index in [1.165, 1.54) is 19.3 Å². The Morgan fingerprint density at radius 3 is 2.39 bits per heavy atom. The summed E-state index contributed by atoms with van der Waals surface area (Å²) in [7, 11) is 0. The highest BCUT2D eigenvalue weighted by Gasteiger charge is 2.37. The van der Waals surface area contributed by atoms with E-state index in [0.29, 0.717) is 30.2 Å². The number of rotatable bonds is 5. The first-order valence-corrected chi connectivity index (χ1v) is 11.2. The van der Waals surface area contributed by atoms with Gasteiger partial charge in [0.05, 0.1) is 5.76 Å². The van der Waals surface area contributed by atoms with Crippen molar-refractivity contribution >= 4 is 5.78 Å². The second-order valence-corrected chi connectivity index (χ2v) is 10.6. The number of allylic oxidation sites excluding steroid dienone is 2. The number of carbonyl (C=O) groups excluding carboxylic acids is 1. The highest BCUT2D eigenvalue weighted by molar-refractivity contribution is 5.97. The summed E-state index contributed by atoms with van der Waals surface area (Å²) in [5.74, 6) is 0.448. The summed E-state index contributed by atoms with van der Waals surface area (Å²) in [6.45, 7) is 12.6. The third kappa shape index (κ3) is 6.92. The number of nitrogens with zero attached hydrogens (tertiary/aromatic N) is 1. The van der Waals surface area contributed by atoms with Gasteiger partial charge in [0.25, 0.3) is 12.1 Å². The fourth-order valence-corrected chi connectivity index (χ4v) is 4.61. The topological polar surface area (TPSA) is 53.7 Å². The zero-order valence-corrected chi connectivity index (χ0v) is 18.9. The molecule has 1 saturated carbocycles. The standard InChI is InChI=1S/C24H40N2O2/c1-7-17(22-20(27)14-24(5,6)15-21(22)28)13-19(26-23(2,3)4)16-25-18-11-9-8-10-12-18/h17-19,26H,7-15H2,1-6H3/p+1/t17-,19-/m1/s1. The van der Waals surface area contributed by atoms with Crippen LogP contribution in [-0.4, -0.2) is 28.5 Å². The largest absolute Gasteiger partial charge is 0.512 e. The molecular formula is C24H41N2O2+. The molecule has 0 bridgehead atoms. The van der Waals surface area contributed by atoms with E-state index in [0.717, 1.165) is 25.7 Å². The van der Waals surface area contributed by atoms with Crippen LogP contribution in [0.4, 0.5) is 0 Å². The summed E-state index contributed by atoms with van der Waals surface area (Å²) >= 11 is 0. The lowest BCUT2D eigenvalue weighted by molar-refractivity contribution is -0.119. The summed E-state index contributed by atoms with van der Waals surface area (Å²) in [6.07, 6.45) is 8.83. The van der Waals surface area contributed by atoms with Crippen molar-refractivity contribution in [2.24, 2.45) is 11.3 Å². The average molecular weight is 390 g/mol. The average Bonchev–Trinajstić information content (AvgIpc) is 2.56. The van der Waals surface area contributed by atoms with Crippen LogP contribution in [-0.2, 0) is 4.79 Å². The Morgan fingerprint density at radius 2 is 1.86 bits per heavy atom. The number of Topliss-reactive ketones (excluding diaryl/α,β-unsaturated/α-hetero) is 1. The number of ketones is 1. The number of hydrogen-bond acceptors (Lipinski definition) is 3. The van der Waals surface area contributed by atoms with Gasteiger partial charge in [-0.25, -0.2) is 0 Å². The molecule has 2 atom stereocenters. The summed E-state index contributed by atoms with van der Waals surface area (Å²) < 4.78 is 0. The van der Waals surface area contributed by atoms with Crippen LogP contribution in [0.3, 0.4) is 0 Å². The fraction of sp³-hybridized carbons (Fsp3) is 0.833. The number of carbonyl (C=O) groups is 1. The molecule has 0 amide bonds. The second kappa shape index (κ2) is 9.44. The monoisotopic (exact) mass is 389 g/mol. The Bertz CT molecular complexity index is 640. The lowest BCUT2D eigenvalue weighted by atomic mass is 9.72. The third-order valence-electron chi connectivity index (χ3n) is 5.91. The molecule has 2 aliphatic carbocycles. The first-order chi connectivity index (χ1) is 13.0. The van der Waals surface area contributed by atoms with Crippen LogP contribution in [0.1, 0.15) is 99.3 Å². The van der Waals surface area contributed by atoms with E-state index in [1.54, 1.807) is 0 Å². The highest BCUT2D eigenvalue weighted by Crippen LogP contribution is 2.39. The van der Waals surface area contributed by atoms with E-state index in [1.807, 2.05) is 13.8 Å². The van der Waals surface area contributed by atoms with Crippen molar-refractivity contribution in [1.29, 1.82) is 0 Å². The Hall–Kier alpha value is -1.34. The van der Waals surface area contributed by atoms with Crippen LogP contribution < -0.4 is 5.32 Å². The quantitative estimate of drug-likeness (QED) is 0.604. The van der Waals surface area contributed by atoms with Gasteiger partial charge in [0.2, 0.25) is 0 Å². The summed E-state index contributed by atoms with van der Waals surface area (Å²) in [5, 5.41) is 14.3. The molecule has 0 heterocycles. The lowest BCUT2D eigenvalue weighted by Crippen LogP contribution is -2.44. The van der Waals surface area contributed by atoms with Crippen LogP contribution >= 0.6 is 0 Å². The van der Waals surface area contributed by atoms with E-state index in [9.17, 15) is 9.90 Å². The van der Waals surface area contributed by atoms with Gasteiger partial charge >= 0.3 is 0 Å². The van der Waals surface area contributed by atoms with Crippen LogP contribution in [0.25, 0.3) is 4.85 Å². The molecule has 0 aromatic carbocycles. The minimum absolute atomic E-state index is 0.0186. The smallest absolute Gasteiger partial charge is 0.292 e. The maximum atomic E-state index is 12.8. The number of aliphatic hydroxyl groups excluding tert-OH is 1. The van der Waals surface area contributed by atoms with Crippen LogP contribution in [0.5, 0.6) is 0 Å². The Balaban J connectivity index is 2.20. The molecule has 0 aromatic heterocycles. The highest BCUT2D eigenvalue weighted by atomic mass is 16.3. The minimum Gasteiger partial charge on any atom is -0.512 e. The molecule has 2 N–H and O–H groups in total. The van der Waals surface area contributed by atoms with Crippen molar-refractivity contribution in [1.82, 2.24) is 5.32 Å². The van der Waals surface area contributed by atoms with E-state index in [2.05, 4.69) is 39.1 Å². The van der Waals surface area contributed by atoms with Crippen molar-refractivity contribution < 1.29 is 9.90 Å². The van der Waals surface area contributed by atoms with Gasteiger partial charge in [0.15, 0.2) is 5.78 Å². The summed E-state index contributed by atoms with van der Waals surface area (Å²) in [5.41, 5.74) is 0.440. The molecule has 0 aliphatic heterocycles. The van der Waals surface area contributed by atoms with Crippen molar-refractivity contribution in [3.8, 4) is 6.07 Å². The Morgan fingerprint density at radius 1 is 1.21 bits per heavy atom. The van der Waals surface area contributed by atoms with Gasteiger partial charge < -0.3 is 5.11 Å². The summed E-state index contributed by atoms with van der Waals surface area (Å²) in [6, 6.07) is 3.77. The van der Waals surface area contributed by atoms with E-state index in [4.69, 9.17) is 4.85 Å². The maximum absolute atomic E-state index is 12.8. The molecule has 4 nitrogen and oxygen atoms in total. The number of nitrogens with one attached hydrogen (secondary N) is 1. The molecule has 0 aromatic rings. The molecule has 0 radical (unpaired) electrons. The predicted octanol–water partition coefficient (Wildman–Crippen LogP) is 6.03. The summed E-state index contributed by atoms with van der Waals surface area (Å²) in [4.78, 5) is 17.6. The second-order valence-electron chi connectivity index (χ2n) is 10.6. The zero-order valence-electron chi connectivity index (χ0n) is 18.9. The molecule has 0 spiro atoms. The molecule has 0 unspecified atom stereocenters. The van der Waals surface area contributed by atoms with Crippen LogP contribution in [0.15, 0.2) is 11.3 Å². The van der Waals surface area contributed by atoms with Gasteiger partial charge in [-0.3, -0.25) is 10.1 Å². The van der Waals surface area contributed by atoms with Gasteiger partial charge in [-0.05, 0) is 57.8 Å². The van der Waals surface area contributed by atoms with Crippen molar-refractivity contribution in [3.05, 3.63) is 16.2 Å². The first-order valence-electron chi connectivity index (χ1n) is 11.2. The molecular weight excluding hydrogens is 348 g/mol. The SMILES string of the molecule is CC[C@H](C[C@H](C#[N+]C1CCCCC1)NC(C)(C)C)C1=C(O)CC(C)(C)CC1=O. The van der Waals surface area contributed by atoms with Gasteiger partial charge in [-0.1, -0.05) is 32.0 Å². The maximum Gasteiger partial charge on any atom is 0.292 e. The molecule has 2 aliphatic rings. The van der Waals surface area contributed by atoms with Gasteiger partial charge in [-0.15, -0.1) is 0 Å². The molecule has 28 heavy (non-hydrogen) atoms.